The Bertz CT molecular complexity index is 958. The van der Waals surface area contributed by atoms with Crippen molar-refractivity contribution in [2.24, 2.45) is 7.05 Å². The minimum atomic E-state index is -0.270. The second-order valence-corrected chi connectivity index (χ2v) is 7.26. The molecule has 1 unspecified atom stereocenters. The molecule has 2 aromatic carbocycles. The molecule has 1 aromatic heterocycles. The van der Waals surface area contributed by atoms with Gasteiger partial charge in [-0.1, -0.05) is 42.5 Å². The lowest BCUT2D eigenvalue weighted by atomic mass is 9.97. The number of nitrogens with zero attached hydrogens (tertiary/aromatic N) is 3. The number of nitrogens with one attached hydrogen (secondary N) is 2. The summed E-state index contributed by atoms with van der Waals surface area (Å²) in [5.74, 6) is 1.36. The van der Waals surface area contributed by atoms with E-state index in [1.807, 2.05) is 32.2 Å². The number of hydrogen-bond donors (Lipinski definition) is 2. The number of carbonyl (C=O) groups is 1. The van der Waals surface area contributed by atoms with Crippen LogP contribution in [0, 0.1) is 0 Å². The van der Waals surface area contributed by atoms with Crippen LogP contribution in [0.4, 0.5) is 5.95 Å². The minimum absolute atomic E-state index is 0.0716. The van der Waals surface area contributed by atoms with Crippen LogP contribution < -0.4 is 10.6 Å². The lowest BCUT2D eigenvalue weighted by molar-refractivity contribution is -0.117. The molecule has 6 heteroatoms. The van der Waals surface area contributed by atoms with Gasteiger partial charge in [0.1, 0.15) is 0 Å². The van der Waals surface area contributed by atoms with Gasteiger partial charge in [-0.25, -0.2) is 4.68 Å². The topological polar surface area (TPSA) is 71.8 Å². The standard InChI is InChI=1S/C21H25N5O/c1-14(17-8-7-15-5-3-4-6-18(15)13-17)20(27)24-21-23-19(25-26(21)2)16-9-11-22-12-10-16/h3-8,13-14,16,22H,9-12H2,1-2H3,(H,23,24,25,27). The van der Waals surface area contributed by atoms with E-state index in [0.717, 1.165) is 42.7 Å². The molecule has 2 N–H and O–H groups in total. The van der Waals surface area contributed by atoms with E-state index < -0.39 is 0 Å². The van der Waals surface area contributed by atoms with Crippen molar-refractivity contribution in [3.8, 4) is 0 Å². The molecule has 27 heavy (non-hydrogen) atoms. The average Bonchev–Trinajstić information content (AvgIpc) is 3.08. The summed E-state index contributed by atoms with van der Waals surface area (Å²) in [4.78, 5) is 17.4. The maximum atomic E-state index is 12.8. The summed E-state index contributed by atoms with van der Waals surface area (Å²) < 4.78 is 1.67. The van der Waals surface area contributed by atoms with E-state index in [0.29, 0.717) is 11.9 Å². The van der Waals surface area contributed by atoms with Gasteiger partial charge in [-0.3, -0.25) is 10.1 Å². The third-order valence-corrected chi connectivity index (χ3v) is 5.39. The van der Waals surface area contributed by atoms with Crippen molar-refractivity contribution < 1.29 is 4.79 Å². The number of piperidine rings is 1. The van der Waals surface area contributed by atoms with Gasteiger partial charge in [0.2, 0.25) is 11.9 Å². The van der Waals surface area contributed by atoms with Crippen LogP contribution in [-0.2, 0) is 11.8 Å². The Morgan fingerprint density at radius 3 is 2.70 bits per heavy atom. The number of carbonyl (C=O) groups excluding carboxylic acids is 1. The predicted octanol–water partition coefficient (Wildman–Crippen LogP) is 3.18. The van der Waals surface area contributed by atoms with E-state index in [2.05, 4.69) is 45.0 Å². The van der Waals surface area contributed by atoms with Gasteiger partial charge in [0, 0.05) is 13.0 Å². The molecule has 4 rings (SSSR count). The molecule has 0 radical (unpaired) electrons. The Labute approximate surface area is 159 Å². The molecule has 6 nitrogen and oxygen atoms in total. The first-order valence-corrected chi connectivity index (χ1v) is 9.53. The van der Waals surface area contributed by atoms with Crippen LogP contribution in [0.15, 0.2) is 42.5 Å². The van der Waals surface area contributed by atoms with Crippen molar-refractivity contribution in [1.29, 1.82) is 0 Å². The van der Waals surface area contributed by atoms with E-state index in [1.54, 1.807) is 4.68 Å². The fourth-order valence-electron chi connectivity index (χ4n) is 3.61. The number of rotatable bonds is 4. The molecule has 140 valence electrons. The van der Waals surface area contributed by atoms with Gasteiger partial charge >= 0.3 is 0 Å². The number of benzene rings is 2. The van der Waals surface area contributed by atoms with Crippen LogP contribution in [0.1, 0.15) is 43.0 Å². The van der Waals surface area contributed by atoms with Gasteiger partial charge in [-0.15, -0.1) is 0 Å². The van der Waals surface area contributed by atoms with Crippen LogP contribution in [0.5, 0.6) is 0 Å². The number of amides is 1. The average molecular weight is 363 g/mol. The van der Waals surface area contributed by atoms with Gasteiger partial charge in [-0.05, 0) is 49.2 Å². The monoisotopic (exact) mass is 363 g/mol. The van der Waals surface area contributed by atoms with Crippen molar-refractivity contribution in [1.82, 2.24) is 20.1 Å². The van der Waals surface area contributed by atoms with Gasteiger partial charge < -0.3 is 5.32 Å². The van der Waals surface area contributed by atoms with E-state index >= 15 is 0 Å². The van der Waals surface area contributed by atoms with Crippen molar-refractivity contribution in [3.63, 3.8) is 0 Å². The summed E-state index contributed by atoms with van der Waals surface area (Å²) in [5.41, 5.74) is 0.993. The molecule has 1 saturated heterocycles. The Morgan fingerprint density at radius 1 is 1.19 bits per heavy atom. The maximum Gasteiger partial charge on any atom is 0.233 e. The van der Waals surface area contributed by atoms with Crippen molar-refractivity contribution >= 4 is 22.6 Å². The highest BCUT2D eigenvalue weighted by Crippen LogP contribution is 2.25. The lowest BCUT2D eigenvalue weighted by Gasteiger charge is -2.19. The predicted molar refractivity (Wildman–Crippen MR) is 107 cm³/mol. The zero-order chi connectivity index (χ0) is 18.8. The first-order chi connectivity index (χ1) is 13.1. The van der Waals surface area contributed by atoms with Gasteiger partial charge in [0.05, 0.1) is 5.92 Å². The Kier molecular flexibility index (Phi) is 4.90. The molecule has 0 bridgehead atoms. The molecule has 1 fully saturated rings. The highest BCUT2D eigenvalue weighted by molar-refractivity contribution is 5.95. The second-order valence-electron chi connectivity index (χ2n) is 7.26. The van der Waals surface area contributed by atoms with Crippen LogP contribution in [-0.4, -0.2) is 33.8 Å². The lowest BCUT2D eigenvalue weighted by Crippen LogP contribution is -2.27. The van der Waals surface area contributed by atoms with Gasteiger partial charge in [0.25, 0.3) is 0 Å². The van der Waals surface area contributed by atoms with Crippen LogP contribution >= 0.6 is 0 Å². The minimum Gasteiger partial charge on any atom is -0.317 e. The van der Waals surface area contributed by atoms with Crippen LogP contribution in [0.25, 0.3) is 10.8 Å². The van der Waals surface area contributed by atoms with E-state index in [4.69, 9.17) is 0 Å². The SMILES string of the molecule is CC(C(=O)Nc1nc(C2CCNCC2)nn1C)c1ccc2ccccc2c1. The third-order valence-electron chi connectivity index (χ3n) is 5.39. The summed E-state index contributed by atoms with van der Waals surface area (Å²) in [5, 5.41) is 13.1. The molecule has 0 saturated carbocycles. The number of aryl methyl sites for hydroxylation is 1. The summed E-state index contributed by atoms with van der Waals surface area (Å²) in [6.07, 6.45) is 2.07. The largest absolute Gasteiger partial charge is 0.317 e. The Balaban J connectivity index is 1.50. The highest BCUT2D eigenvalue weighted by atomic mass is 16.2. The maximum absolute atomic E-state index is 12.8. The zero-order valence-electron chi connectivity index (χ0n) is 15.8. The molecule has 1 aliphatic heterocycles. The summed E-state index contributed by atoms with van der Waals surface area (Å²) in [7, 11) is 1.83. The van der Waals surface area contributed by atoms with E-state index in [1.165, 1.54) is 5.39 Å². The van der Waals surface area contributed by atoms with Crippen molar-refractivity contribution in [2.75, 3.05) is 18.4 Å². The van der Waals surface area contributed by atoms with Crippen LogP contribution in [0.2, 0.25) is 0 Å². The molecule has 0 aliphatic carbocycles. The normalized spacial score (nSPS) is 16.4. The summed E-state index contributed by atoms with van der Waals surface area (Å²) in [6, 6.07) is 14.3. The van der Waals surface area contributed by atoms with E-state index in [9.17, 15) is 4.79 Å². The highest BCUT2D eigenvalue weighted by Gasteiger charge is 2.23. The second kappa shape index (κ2) is 7.48. The first kappa shape index (κ1) is 17.7. The molecular weight excluding hydrogens is 338 g/mol. The zero-order valence-corrected chi connectivity index (χ0v) is 15.8. The molecule has 1 aliphatic rings. The number of hydrogen-bond acceptors (Lipinski definition) is 4. The van der Waals surface area contributed by atoms with Gasteiger partial charge in [-0.2, -0.15) is 10.1 Å². The summed E-state index contributed by atoms with van der Waals surface area (Å²) in [6.45, 7) is 3.90. The molecule has 1 atom stereocenters. The van der Waals surface area contributed by atoms with Crippen molar-refractivity contribution in [3.05, 3.63) is 53.9 Å². The molecule has 1 amide bonds. The quantitative estimate of drug-likeness (QED) is 0.747. The first-order valence-electron chi connectivity index (χ1n) is 9.53. The Morgan fingerprint density at radius 2 is 1.93 bits per heavy atom. The summed E-state index contributed by atoms with van der Waals surface area (Å²) >= 11 is 0. The number of fused-ring (bicyclic) bond motifs is 1. The van der Waals surface area contributed by atoms with Gasteiger partial charge in [0.15, 0.2) is 5.82 Å². The number of anilines is 1. The fourth-order valence-corrected chi connectivity index (χ4v) is 3.61. The molecular formula is C21H25N5O. The van der Waals surface area contributed by atoms with E-state index in [-0.39, 0.29) is 11.8 Å². The third kappa shape index (κ3) is 3.71. The smallest absolute Gasteiger partial charge is 0.233 e. The molecule has 0 spiro atoms. The van der Waals surface area contributed by atoms with Crippen molar-refractivity contribution in [2.45, 2.75) is 31.6 Å². The molecule has 2 heterocycles. The van der Waals surface area contributed by atoms with Crippen LogP contribution in [0.3, 0.4) is 0 Å². The molecule has 3 aromatic rings. The fraction of sp³-hybridized carbons (Fsp3) is 0.381. The Hall–Kier alpha value is -2.73. The number of aromatic nitrogens is 3.